The Balaban J connectivity index is 2.90. The van der Waals surface area contributed by atoms with Gasteiger partial charge in [0.25, 0.3) is 0 Å². The second-order valence-corrected chi connectivity index (χ2v) is 6.76. The van der Waals surface area contributed by atoms with Gasteiger partial charge < -0.3 is 5.32 Å². The lowest BCUT2D eigenvalue weighted by Crippen LogP contribution is -2.06. The van der Waals surface area contributed by atoms with Crippen LogP contribution >= 0.6 is 0 Å². The molecule has 0 aliphatic rings. The maximum Gasteiger partial charge on any atom is -0.00519 e. The molecular weight excluding hydrogens is 254 g/mol. The molecule has 0 spiro atoms. The van der Waals surface area contributed by atoms with Gasteiger partial charge in [0.1, 0.15) is 0 Å². The average molecular weight is 298 g/mol. The Morgan fingerprint density at radius 2 is 0.714 bits per heavy atom. The molecule has 0 amide bonds. The number of unbranched alkanes of at least 4 members (excludes halogenated alkanes) is 16. The molecule has 1 nitrogen and oxygen atoms in total. The summed E-state index contributed by atoms with van der Waals surface area (Å²) in [7, 11) is 2.05. The minimum absolute atomic E-state index is 1.19. The molecule has 1 N–H and O–H groups in total. The summed E-state index contributed by atoms with van der Waals surface area (Å²) < 4.78 is 0. The summed E-state index contributed by atoms with van der Waals surface area (Å²) in [4.78, 5) is 0. The van der Waals surface area contributed by atoms with E-state index >= 15 is 0 Å². The third-order valence-electron chi connectivity index (χ3n) is 4.53. The molecule has 0 saturated carbocycles. The summed E-state index contributed by atoms with van der Waals surface area (Å²) in [5.41, 5.74) is 0. The summed E-state index contributed by atoms with van der Waals surface area (Å²) in [5.74, 6) is 0. The first-order valence-corrected chi connectivity index (χ1v) is 10.1. The zero-order valence-electron chi connectivity index (χ0n) is 15.2. The van der Waals surface area contributed by atoms with Gasteiger partial charge in [-0.1, -0.05) is 110 Å². The predicted molar refractivity (Wildman–Crippen MR) is 98.1 cm³/mol. The normalized spacial score (nSPS) is 11.1. The van der Waals surface area contributed by atoms with Crippen molar-refractivity contribution in [1.29, 1.82) is 0 Å². The highest BCUT2D eigenvalue weighted by atomic mass is 14.8. The zero-order chi connectivity index (χ0) is 15.4. The Kier molecular flexibility index (Phi) is 19.9. The highest BCUT2D eigenvalue weighted by Gasteiger charge is 1.94. The van der Waals surface area contributed by atoms with Crippen molar-refractivity contribution >= 4 is 0 Å². The van der Waals surface area contributed by atoms with Crippen LogP contribution in [0.4, 0.5) is 0 Å². The maximum atomic E-state index is 3.22. The van der Waals surface area contributed by atoms with Crippen LogP contribution in [0.15, 0.2) is 0 Å². The van der Waals surface area contributed by atoms with Gasteiger partial charge in [-0.25, -0.2) is 0 Å². The molecule has 0 saturated heterocycles. The Morgan fingerprint density at radius 3 is 1.00 bits per heavy atom. The lowest BCUT2D eigenvalue weighted by atomic mass is 10.0. The molecule has 0 fully saturated rings. The van der Waals surface area contributed by atoms with Crippen LogP contribution in [-0.4, -0.2) is 13.6 Å². The lowest BCUT2D eigenvalue weighted by Gasteiger charge is -2.03. The highest BCUT2D eigenvalue weighted by molar-refractivity contribution is 4.50. The molecule has 0 radical (unpaired) electrons. The summed E-state index contributed by atoms with van der Waals surface area (Å²) in [6.07, 6.45) is 24.7. The first-order chi connectivity index (χ1) is 10.4. The van der Waals surface area contributed by atoms with E-state index in [1.807, 2.05) is 7.05 Å². The Bertz CT molecular complexity index is 149. The fourth-order valence-corrected chi connectivity index (χ4v) is 3.03. The molecule has 0 aliphatic carbocycles. The maximum absolute atomic E-state index is 3.22. The van der Waals surface area contributed by atoms with Crippen molar-refractivity contribution in [2.75, 3.05) is 13.6 Å². The smallest absolute Gasteiger partial charge is 0.00519 e. The van der Waals surface area contributed by atoms with Crippen LogP contribution in [0.2, 0.25) is 0 Å². The van der Waals surface area contributed by atoms with E-state index in [0.717, 1.165) is 0 Å². The predicted octanol–water partition coefficient (Wildman–Crippen LogP) is 6.86. The van der Waals surface area contributed by atoms with Crippen LogP contribution in [-0.2, 0) is 0 Å². The number of nitrogens with one attached hydrogen (secondary N) is 1. The van der Waals surface area contributed by atoms with E-state index in [1.165, 1.54) is 116 Å². The van der Waals surface area contributed by atoms with E-state index in [-0.39, 0.29) is 0 Å². The fourth-order valence-electron chi connectivity index (χ4n) is 3.03. The average Bonchev–Trinajstić information content (AvgIpc) is 2.50. The van der Waals surface area contributed by atoms with Gasteiger partial charge in [0.2, 0.25) is 0 Å². The molecule has 0 aromatic heterocycles. The number of hydrogen-bond donors (Lipinski definition) is 1. The van der Waals surface area contributed by atoms with Gasteiger partial charge in [0.05, 0.1) is 0 Å². The molecule has 0 aromatic rings. The van der Waals surface area contributed by atoms with E-state index in [2.05, 4.69) is 12.2 Å². The quantitative estimate of drug-likeness (QED) is 0.273. The largest absolute Gasteiger partial charge is 0.320 e. The van der Waals surface area contributed by atoms with Crippen molar-refractivity contribution in [3.8, 4) is 0 Å². The highest BCUT2D eigenvalue weighted by Crippen LogP contribution is 2.13. The third-order valence-corrected chi connectivity index (χ3v) is 4.53. The topological polar surface area (TPSA) is 12.0 Å². The van der Waals surface area contributed by atoms with Crippen molar-refractivity contribution in [3.63, 3.8) is 0 Å². The minimum atomic E-state index is 1.19. The van der Waals surface area contributed by atoms with Crippen molar-refractivity contribution in [2.24, 2.45) is 0 Å². The standard InChI is InChI=1S/C20H43N/c1-3-4-5-6-7-8-9-10-11-12-13-14-15-16-17-18-19-20-21-2/h21H,3-20H2,1-2H3. The molecule has 0 aromatic carbocycles. The zero-order valence-corrected chi connectivity index (χ0v) is 15.2. The molecule has 0 unspecified atom stereocenters. The molecule has 0 atom stereocenters. The Morgan fingerprint density at radius 1 is 0.429 bits per heavy atom. The van der Waals surface area contributed by atoms with Crippen LogP contribution in [0, 0.1) is 0 Å². The summed E-state index contributed by atoms with van der Waals surface area (Å²) >= 11 is 0. The second-order valence-electron chi connectivity index (χ2n) is 6.76. The van der Waals surface area contributed by atoms with Crippen molar-refractivity contribution in [1.82, 2.24) is 5.32 Å². The van der Waals surface area contributed by atoms with Gasteiger partial charge >= 0.3 is 0 Å². The molecule has 128 valence electrons. The monoisotopic (exact) mass is 297 g/mol. The SMILES string of the molecule is CCCCCCCCCCCCCCCCCCCNC. The molecule has 0 rings (SSSR count). The van der Waals surface area contributed by atoms with Gasteiger partial charge in [0.15, 0.2) is 0 Å². The van der Waals surface area contributed by atoms with E-state index in [1.54, 1.807) is 0 Å². The van der Waals surface area contributed by atoms with Crippen molar-refractivity contribution in [2.45, 2.75) is 116 Å². The second kappa shape index (κ2) is 20.0. The molecule has 0 aliphatic heterocycles. The summed E-state index contributed by atoms with van der Waals surface area (Å²) in [6, 6.07) is 0. The first-order valence-electron chi connectivity index (χ1n) is 10.1. The Labute approximate surface area is 135 Å². The fraction of sp³-hybridized carbons (Fsp3) is 1.00. The first kappa shape index (κ1) is 21.0. The number of rotatable bonds is 18. The van der Waals surface area contributed by atoms with Gasteiger partial charge in [-0.2, -0.15) is 0 Å². The van der Waals surface area contributed by atoms with Crippen LogP contribution in [0.25, 0.3) is 0 Å². The van der Waals surface area contributed by atoms with Crippen LogP contribution < -0.4 is 5.32 Å². The molecule has 21 heavy (non-hydrogen) atoms. The van der Waals surface area contributed by atoms with Gasteiger partial charge in [-0.05, 0) is 20.0 Å². The molecule has 0 heterocycles. The van der Waals surface area contributed by atoms with Crippen LogP contribution in [0.1, 0.15) is 116 Å². The van der Waals surface area contributed by atoms with Crippen LogP contribution in [0.5, 0.6) is 0 Å². The third kappa shape index (κ3) is 20.0. The summed E-state index contributed by atoms with van der Waals surface area (Å²) in [6.45, 7) is 3.49. The van der Waals surface area contributed by atoms with E-state index in [0.29, 0.717) is 0 Å². The lowest BCUT2D eigenvalue weighted by molar-refractivity contribution is 0.526. The van der Waals surface area contributed by atoms with Gasteiger partial charge in [-0.3, -0.25) is 0 Å². The van der Waals surface area contributed by atoms with E-state index in [4.69, 9.17) is 0 Å². The van der Waals surface area contributed by atoms with Gasteiger partial charge in [0, 0.05) is 0 Å². The van der Waals surface area contributed by atoms with Crippen molar-refractivity contribution < 1.29 is 0 Å². The van der Waals surface area contributed by atoms with E-state index in [9.17, 15) is 0 Å². The molecule has 0 bridgehead atoms. The van der Waals surface area contributed by atoms with Gasteiger partial charge in [-0.15, -0.1) is 0 Å². The van der Waals surface area contributed by atoms with E-state index < -0.39 is 0 Å². The number of hydrogen-bond acceptors (Lipinski definition) is 1. The molecular formula is C20H43N. The van der Waals surface area contributed by atoms with Crippen molar-refractivity contribution in [3.05, 3.63) is 0 Å². The summed E-state index contributed by atoms with van der Waals surface area (Å²) in [5, 5.41) is 3.22. The minimum Gasteiger partial charge on any atom is -0.320 e. The molecule has 1 heteroatoms. The van der Waals surface area contributed by atoms with Crippen LogP contribution in [0.3, 0.4) is 0 Å². The Hall–Kier alpha value is -0.0400.